The number of nitrogens with zero attached hydrogens (tertiary/aromatic N) is 1. The Balaban J connectivity index is 2.81. The van der Waals surface area contributed by atoms with Crippen LogP contribution < -0.4 is 0 Å². The summed E-state index contributed by atoms with van der Waals surface area (Å²) in [6, 6.07) is 7.22. The molecule has 0 radical (unpaired) electrons. The molecule has 1 aromatic rings. The van der Waals surface area contributed by atoms with E-state index in [1.54, 1.807) is 12.1 Å². The summed E-state index contributed by atoms with van der Waals surface area (Å²) < 4.78 is 0. The van der Waals surface area contributed by atoms with Crippen molar-refractivity contribution in [3.05, 3.63) is 41.4 Å². The van der Waals surface area contributed by atoms with Crippen molar-refractivity contribution in [1.29, 1.82) is 0 Å². The van der Waals surface area contributed by atoms with Gasteiger partial charge in [0, 0.05) is 23.7 Å². The Kier molecular flexibility index (Phi) is 5.93. The van der Waals surface area contributed by atoms with Gasteiger partial charge in [-0.15, -0.1) is 0 Å². The molecule has 3 heteroatoms. The Morgan fingerprint density at radius 2 is 1.67 bits per heavy atom. The van der Waals surface area contributed by atoms with Crippen LogP contribution in [0.5, 0.6) is 0 Å². The van der Waals surface area contributed by atoms with Crippen LogP contribution in [0, 0.1) is 0 Å². The summed E-state index contributed by atoms with van der Waals surface area (Å²) in [7, 11) is 0. The first-order chi connectivity index (χ1) is 8.60. The number of amides is 1. The third-order valence-electron chi connectivity index (χ3n) is 2.73. The zero-order valence-corrected chi connectivity index (χ0v) is 11.8. The molecule has 0 aliphatic carbocycles. The van der Waals surface area contributed by atoms with Crippen LogP contribution in [0.25, 0.3) is 5.57 Å². The predicted molar refractivity (Wildman–Crippen MR) is 77.6 cm³/mol. The van der Waals surface area contributed by atoms with Crippen LogP contribution in [0.3, 0.4) is 0 Å². The number of hydrogen-bond donors (Lipinski definition) is 0. The van der Waals surface area contributed by atoms with E-state index in [0.29, 0.717) is 10.6 Å². The summed E-state index contributed by atoms with van der Waals surface area (Å²) in [6.07, 6.45) is 1.92. The van der Waals surface area contributed by atoms with Crippen LogP contribution in [-0.2, 0) is 4.79 Å². The van der Waals surface area contributed by atoms with E-state index in [-0.39, 0.29) is 5.91 Å². The van der Waals surface area contributed by atoms with Crippen molar-refractivity contribution in [3.63, 3.8) is 0 Å². The van der Waals surface area contributed by atoms with Gasteiger partial charge in [-0.25, -0.2) is 0 Å². The summed E-state index contributed by atoms with van der Waals surface area (Å²) >= 11 is 5.83. The average Bonchev–Trinajstić information content (AvgIpc) is 2.38. The number of benzene rings is 1. The molecule has 18 heavy (non-hydrogen) atoms. The fourth-order valence-corrected chi connectivity index (χ4v) is 1.95. The van der Waals surface area contributed by atoms with Crippen LogP contribution in [0.1, 0.15) is 32.3 Å². The molecule has 0 bridgehead atoms. The van der Waals surface area contributed by atoms with Crippen LogP contribution in [0.15, 0.2) is 30.8 Å². The first-order valence-corrected chi connectivity index (χ1v) is 6.72. The zero-order valence-electron chi connectivity index (χ0n) is 11.1. The van der Waals surface area contributed by atoms with Gasteiger partial charge in [-0.1, -0.05) is 44.2 Å². The fraction of sp³-hybridized carbons (Fsp3) is 0.400. The Morgan fingerprint density at radius 1 is 1.17 bits per heavy atom. The van der Waals surface area contributed by atoms with Gasteiger partial charge >= 0.3 is 0 Å². The molecule has 0 aromatic heterocycles. The van der Waals surface area contributed by atoms with Crippen molar-refractivity contribution in [2.75, 3.05) is 13.1 Å². The molecule has 1 rings (SSSR count). The Hall–Kier alpha value is -1.28. The average molecular weight is 266 g/mol. The monoisotopic (exact) mass is 265 g/mol. The Morgan fingerprint density at radius 3 is 2.11 bits per heavy atom. The quantitative estimate of drug-likeness (QED) is 0.712. The molecule has 98 valence electrons. The van der Waals surface area contributed by atoms with E-state index in [0.717, 1.165) is 31.5 Å². The first-order valence-electron chi connectivity index (χ1n) is 6.34. The molecule has 0 aliphatic heterocycles. The van der Waals surface area contributed by atoms with E-state index in [1.807, 2.05) is 17.0 Å². The SMILES string of the molecule is C=C(C(=O)N(CCC)CCC)c1ccc(Cl)cc1. The van der Waals surface area contributed by atoms with Crippen molar-refractivity contribution in [1.82, 2.24) is 4.90 Å². The maximum absolute atomic E-state index is 12.3. The molecule has 0 saturated carbocycles. The summed E-state index contributed by atoms with van der Waals surface area (Å²) in [6.45, 7) is 9.60. The highest BCUT2D eigenvalue weighted by molar-refractivity contribution is 6.30. The second-order valence-electron chi connectivity index (χ2n) is 4.28. The molecule has 0 aliphatic rings. The standard InChI is InChI=1S/C15H20ClNO/c1-4-10-17(11-5-2)15(18)12(3)13-6-8-14(16)9-7-13/h6-9H,3-5,10-11H2,1-2H3. The maximum Gasteiger partial charge on any atom is 0.253 e. The highest BCUT2D eigenvalue weighted by Gasteiger charge is 2.16. The second-order valence-corrected chi connectivity index (χ2v) is 4.71. The van der Waals surface area contributed by atoms with Gasteiger partial charge in [0.25, 0.3) is 5.91 Å². The Labute approximate surface area is 114 Å². The van der Waals surface area contributed by atoms with Gasteiger partial charge in [-0.2, -0.15) is 0 Å². The minimum atomic E-state index is 0.0148. The largest absolute Gasteiger partial charge is 0.339 e. The summed E-state index contributed by atoms with van der Waals surface area (Å²) in [5.74, 6) is 0.0148. The number of carbonyl (C=O) groups excluding carboxylic acids is 1. The van der Waals surface area contributed by atoms with Crippen molar-refractivity contribution in [3.8, 4) is 0 Å². The molecule has 2 nitrogen and oxygen atoms in total. The molecule has 0 heterocycles. The van der Waals surface area contributed by atoms with E-state index in [2.05, 4.69) is 20.4 Å². The molecular formula is C15H20ClNO. The second kappa shape index (κ2) is 7.22. The summed E-state index contributed by atoms with van der Waals surface area (Å²) in [5, 5.41) is 0.665. The van der Waals surface area contributed by atoms with Crippen molar-refractivity contribution < 1.29 is 4.79 Å². The van der Waals surface area contributed by atoms with Crippen molar-refractivity contribution >= 4 is 23.1 Å². The third-order valence-corrected chi connectivity index (χ3v) is 2.98. The minimum Gasteiger partial charge on any atom is -0.339 e. The van der Waals surface area contributed by atoms with E-state index < -0.39 is 0 Å². The van der Waals surface area contributed by atoms with E-state index in [4.69, 9.17) is 11.6 Å². The lowest BCUT2D eigenvalue weighted by Crippen LogP contribution is -2.32. The van der Waals surface area contributed by atoms with Gasteiger partial charge in [-0.05, 0) is 30.5 Å². The van der Waals surface area contributed by atoms with Crippen LogP contribution in [0.2, 0.25) is 5.02 Å². The van der Waals surface area contributed by atoms with E-state index in [9.17, 15) is 4.79 Å². The third kappa shape index (κ3) is 3.88. The van der Waals surface area contributed by atoms with Gasteiger partial charge < -0.3 is 4.90 Å². The molecule has 0 N–H and O–H groups in total. The van der Waals surface area contributed by atoms with E-state index >= 15 is 0 Å². The first kappa shape index (κ1) is 14.8. The molecule has 0 atom stereocenters. The van der Waals surface area contributed by atoms with Gasteiger partial charge in [0.2, 0.25) is 0 Å². The normalized spacial score (nSPS) is 10.2. The molecule has 0 unspecified atom stereocenters. The highest BCUT2D eigenvalue weighted by Crippen LogP contribution is 2.18. The molecule has 0 saturated heterocycles. The molecule has 1 amide bonds. The summed E-state index contributed by atoms with van der Waals surface area (Å²) in [4.78, 5) is 14.2. The van der Waals surface area contributed by atoms with Gasteiger partial charge in [0.1, 0.15) is 0 Å². The smallest absolute Gasteiger partial charge is 0.253 e. The molecule has 0 fully saturated rings. The molecule has 0 spiro atoms. The number of hydrogen-bond acceptors (Lipinski definition) is 1. The lowest BCUT2D eigenvalue weighted by atomic mass is 10.1. The van der Waals surface area contributed by atoms with Crippen molar-refractivity contribution in [2.24, 2.45) is 0 Å². The Bertz CT molecular complexity index is 405. The van der Waals surface area contributed by atoms with Gasteiger partial charge in [0.05, 0.1) is 0 Å². The van der Waals surface area contributed by atoms with Crippen LogP contribution in [0.4, 0.5) is 0 Å². The van der Waals surface area contributed by atoms with Gasteiger partial charge in [-0.3, -0.25) is 4.79 Å². The fourth-order valence-electron chi connectivity index (χ4n) is 1.82. The lowest BCUT2D eigenvalue weighted by molar-refractivity contribution is -0.125. The topological polar surface area (TPSA) is 20.3 Å². The van der Waals surface area contributed by atoms with E-state index in [1.165, 1.54) is 0 Å². The summed E-state index contributed by atoms with van der Waals surface area (Å²) in [5.41, 5.74) is 1.37. The minimum absolute atomic E-state index is 0.0148. The van der Waals surface area contributed by atoms with Crippen LogP contribution in [-0.4, -0.2) is 23.9 Å². The predicted octanol–water partition coefficient (Wildman–Crippen LogP) is 4.00. The zero-order chi connectivity index (χ0) is 13.5. The molecular weight excluding hydrogens is 246 g/mol. The van der Waals surface area contributed by atoms with Crippen LogP contribution >= 0.6 is 11.6 Å². The number of halogens is 1. The highest BCUT2D eigenvalue weighted by atomic mass is 35.5. The number of carbonyl (C=O) groups is 1. The van der Waals surface area contributed by atoms with Crippen molar-refractivity contribution in [2.45, 2.75) is 26.7 Å². The lowest BCUT2D eigenvalue weighted by Gasteiger charge is -2.22. The molecule has 1 aromatic carbocycles. The maximum atomic E-state index is 12.3. The van der Waals surface area contributed by atoms with Gasteiger partial charge in [0.15, 0.2) is 0 Å². The number of rotatable bonds is 6.